The Balaban J connectivity index is 1.76. The molecule has 1 aliphatic heterocycles. The smallest absolute Gasteiger partial charge is 0.0727 e. The van der Waals surface area contributed by atoms with Crippen molar-refractivity contribution < 1.29 is 5.11 Å². The van der Waals surface area contributed by atoms with Gasteiger partial charge in [-0.25, -0.2) is 4.68 Å². The van der Waals surface area contributed by atoms with Crippen molar-refractivity contribution in [3.05, 3.63) is 47.3 Å². The molecule has 2 aromatic rings. The third-order valence-corrected chi connectivity index (χ3v) is 4.83. The van der Waals surface area contributed by atoms with Gasteiger partial charge >= 0.3 is 0 Å². The van der Waals surface area contributed by atoms with E-state index in [1.54, 1.807) is 0 Å². The van der Waals surface area contributed by atoms with Gasteiger partial charge in [-0.15, -0.1) is 0 Å². The summed E-state index contributed by atoms with van der Waals surface area (Å²) in [5, 5.41) is 21.5. The molecular formula is C20H30N4O. The molecule has 1 saturated heterocycles. The molecule has 1 aromatic heterocycles. The number of hydrogen-bond donors (Lipinski definition) is 3. The van der Waals surface area contributed by atoms with Gasteiger partial charge in [0.05, 0.1) is 17.5 Å². The molecule has 0 saturated carbocycles. The van der Waals surface area contributed by atoms with Gasteiger partial charge in [-0.05, 0) is 19.1 Å². The highest BCUT2D eigenvalue weighted by Gasteiger charge is 2.25. The molecule has 0 aliphatic carbocycles. The van der Waals surface area contributed by atoms with Crippen molar-refractivity contribution in [2.45, 2.75) is 45.8 Å². The zero-order chi connectivity index (χ0) is 18.0. The first-order chi connectivity index (χ1) is 11.8. The van der Waals surface area contributed by atoms with E-state index < -0.39 is 0 Å². The van der Waals surface area contributed by atoms with E-state index in [0.717, 1.165) is 31.0 Å². The number of nitrogens with one attached hydrogen (secondary N) is 2. The largest absolute Gasteiger partial charge is 0.391 e. The number of benzene rings is 1. The van der Waals surface area contributed by atoms with Crippen LogP contribution in [0.15, 0.2) is 30.5 Å². The van der Waals surface area contributed by atoms with Crippen LogP contribution in [0.25, 0.3) is 5.69 Å². The molecule has 0 spiro atoms. The lowest BCUT2D eigenvalue weighted by Gasteiger charge is -2.18. The SMILES string of the molecule is Cc1ccc(-n2cc(CNCC3CNCC3O)c(C(C)(C)C)n2)cc1. The molecular weight excluding hydrogens is 312 g/mol. The van der Waals surface area contributed by atoms with Crippen molar-refractivity contribution in [1.29, 1.82) is 0 Å². The van der Waals surface area contributed by atoms with Crippen LogP contribution in [0.4, 0.5) is 0 Å². The van der Waals surface area contributed by atoms with E-state index in [-0.39, 0.29) is 17.4 Å². The number of aromatic nitrogens is 2. The summed E-state index contributed by atoms with van der Waals surface area (Å²) in [7, 11) is 0. The molecule has 1 aromatic carbocycles. The van der Waals surface area contributed by atoms with Crippen LogP contribution in [0.3, 0.4) is 0 Å². The quantitative estimate of drug-likeness (QED) is 0.779. The summed E-state index contributed by atoms with van der Waals surface area (Å²) in [5.74, 6) is 0.283. The van der Waals surface area contributed by atoms with Crippen molar-refractivity contribution >= 4 is 0 Å². The Morgan fingerprint density at radius 1 is 1.24 bits per heavy atom. The summed E-state index contributed by atoms with van der Waals surface area (Å²) in [6.45, 7) is 11.8. The van der Waals surface area contributed by atoms with E-state index in [2.05, 4.69) is 68.8 Å². The summed E-state index contributed by atoms with van der Waals surface area (Å²) in [5.41, 5.74) is 4.65. The fourth-order valence-corrected chi connectivity index (χ4v) is 3.32. The first-order valence-electron chi connectivity index (χ1n) is 9.10. The van der Waals surface area contributed by atoms with Gasteiger partial charge in [-0.3, -0.25) is 0 Å². The van der Waals surface area contributed by atoms with Gasteiger partial charge in [0.2, 0.25) is 0 Å². The molecule has 2 atom stereocenters. The lowest BCUT2D eigenvalue weighted by molar-refractivity contribution is 0.146. The zero-order valence-corrected chi connectivity index (χ0v) is 15.7. The monoisotopic (exact) mass is 342 g/mol. The molecule has 25 heavy (non-hydrogen) atoms. The lowest BCUT2D eigenvalue weighted by Crippen LogP contribution is -2.30. The Morgan fingerprint density at radius 3 is 2.56 bits per heavy atom. The molecule has 5 nitrogen and oxygen atoms in total. The number of aliphatic hydroxyl groups excluding tert-OH is 1. The van der Waals surface area contributed by atoms with E-state index in [1.165, 1.54) is 11.1 Å². The second-order valence-corrected chi connectivity index (χ2v) is 8.15. The molecule has 5 heteroatoms. The highest BCUT2D eigenvalue weighted by atomic mass is 16.3. The molecule has 3 N–H and O–H groups in total. The molecule has 136 valence electrons. The van der Waals surface area contributed by atoms with Crippen LogP contribution in [0.5, 0.6) is 0 Å². The van der Waals surface area contributed by atoms with Crippen molar-refractivity contribution in [3.8, 4) is 5.69 Å². The molecule has 1 aliphatic rings. The number of aryl methyl sites for hydroxylation is 1. The highest BCUT2D eigenvalue weighted by molar-refractivity contribution is 5.36. The molecule has 1 fully saturated rings. The van der Waals surface area contributed by atoms with E-state index in [9.17, 15) is 5.11 Å². The van der Waals surface area contributed by atoms with Gasteiger partial charge in [0, 0.05) is 49.3 Å². The second-order valence-electron chi connectivity index (χ2n) is 8.15. The van der Waals surface area contributed by atoms with Crippen molar-refractivity contribution in [2.24, 2.45) is 5.92 Å². The fraction of sp³-hybridized carbons (Fsp3) is 0.550. The van der Waals surface area contributed by atoms with Crippen LogP contribution >= 0.6 is 0 Å². The minimum atomic E-state index is -0.245. The van der Waals surface area contributed by atoms with Crippen LogP contribution in [-0.2, 0) is 12.0 Å². The predicted octanol–water partition coefficient (Wildman–Crippen LogP) is 2.15. The molecule has 0 radical (unpaired) electrons. The van der Waals surface area contributed by atoms with Crippen LogP contribution in [-0.4, -0.2) is 40.6 Å². The molecule has 0 amide bonds. The van der Waals surface area contributed by atoms with Crippen molar-refractivity contribution in [3.63, 3.8) is 0 Å². The van der Waals surface area contributed by atoms with Crippen LogP contribution < -0.4 is 10.6 Å². The molecule has 0 bridgehead atoms. The Morgan fingerprint density at radius 2 is 1.96 bits per heavy atom. The standard InChI is InChI=1S/C20H30N4O/c1-14-5-7-17(8-6-14)24-13-16(19(23-24)20(2,3)4)11-21-9-15-10-22-12-18(15)25/h5-8,13,15,18,21-22,25H,9-12H2,1-4H3. The highest BCUT2D eigenvalue weighted by Crippen LogP contribution is 2.25. The summed E-state index contributed by atoms with van der Waals surface area (Å²) in [6, 6.07) is 8.43. The summed E-state index contributed by atoms with van der Waals surface area (Å²) in [4.78, 5) is 0. The lowest BCUT2D eigenvalue weighted by atomic mass is 9.89. The molecule has 3 rings (SSSR count). The first kappa shape index (κ1) is 18.1. The maximum atomic E-state index is 9.93. The number of β-amino-alcohol motifs (C(OH)–C–C–N with tert-alkyl or cyclic N) is 1. The topological polar surface area (TPSA) is 62.1 Å². The van der Waals surface area contributed by atoms with Gasteiger partial charge < -0.3 is 15.7 Å². The number of nitrogens with zero attached hydrogens (tertiary/aromatic N) is 2. The average Bonchev–Trinajstić information content (AvgIpc) is 3.15. The minimum absolute atomic E-state index is 0.0125. The van der Waals surface area contributed by atoms with Crippen LogP contribution in [0, 0.1) is 12.8 Å². The van der Waals surface area contributed by atoms with Crippen LogP contribution in [0.2, 0.25) is 0 Å². The van der Waals surface area contributed by atoms with Gasteiger partial charge in [0.1, 0.15) is 0 Å². The Labute approximate surface area is 150 Å². The number of hydrogen-bond acceptors (Lipinski definition) is 4. The Bertz CT molecular complexity index is 699. The normalized spacial score (nSPS) is 21.0. The number of rotatable bonds is 5. The van der Waals surface area contributed by atoms with E-state index >= 15 is 0 Å². The summed E-state index contributed by atoms with van der Waals surface area (Å²) in [6.07, 6.45) is 1.88. The van der Waals surface area contributed by atoms with E-state index in [4.69, 9.17) is 5.10 Å². The van der Waals surface area contributed by atoms with Crippen LogP contribution in [0.1, 0.15) is 37.6 Å². The minimum Gasteiger partial charge on any atom is -0.391 e. The maximum Gasteiger partial charge on any atom is 0.0727 e. The average molecular weight is 342 g/mol. The second kappa shape index (κ2) is 7.28. The predicted molar refractivity (Wildman–Crippen MR) is 101 cm³/mol. The van der Waals surface area contributed by atoms with Crippen molar-refractivity contribution in [2.75, 3.05) is 19.6 Å². The fourth-order valence-electron chi connectivity index (χ4n) is 3.32. The number of aliphatic hydroxyl groups is 1. The van der Waals surface area contributed by atoms with Gasteiger partial charge in [0.25, 0.3) is 0 Å². The van der Waals surface area contributed by atoms with E-state index in [0.29, 0.717) is 6.54 Å². The van der Waals surface area contributed by atoms with Gasteiger partial charge in [-0.2, -0.15) is 5.10 Å². The van der Waals surface area contributed by atoms with Crippen molar-refractivity contribution in [1.82, 2.24) is 20.4 Å². The molecule has 2 unspecified atom stereocenters. The zero-order valence-electron chi connectivity index (χ0n) is 15.7. The summed E-state index contributed by atoms with van der Waals surface area (Å²) >= 11 is 0. The third-order valence-electron chi connectivity index (χ3n) is 4.83. The van der Waals surface area contributed by atoms with Gasteiger partial charge in [-0.1, -0.05) is 38.5 Å². The summed E-state index contributed by atoms with van der Waals surface area (Å²) < 4.78 is 1.98. The van der Waals surface area contributed by atoms with Gasteiger partial charge in [0.15, 0.2) is 0 Å². The molecule has 2 heterocycles. The third kappa shape index (κ3) is 4.29. The Hall–Kier alpha value is -1.69. The Kier molecular flexibility index (Phi) is 5.27. The van der Waals surface area contributed by atoms with E-state index in [1.807, 2.05) is 4.68 Å². The first-order valence-corrected chi connectivity index (χ1v) is 9.10. The maximum absolute atomic E-state index is 9.93.